The second-order valence-electron chi connectivity index (χ2n) is 21.4. The molecule has 68 heavy (non-hydrogen) atoms. The zero-order chi connectivity index (χ0) is 49.9. The van der Waals surface area contributed by atoms with E-state index in [0.717, 1.165) is 57.8 Å². The number of phosphoric ester groups is 1. The Kier molecular flexibility index (Phi) is 49.7. The van der Waals surface area contributed by atoms with Crippen LogP contribution in [-0.2, 0) is 18.4 Å². The molecule has 0 aromatic heterocycles. The molecule has 0 aliphatic carbocycles. The van der Waals surface area contributed by atoms with Gasteiger partial charge in [-0.2, -0.15) is 0 Å². The van der Waals surface area contributed by atoms with Gasteiger partial charge >= 0.3 is 7.82 Å². The lowest BCUT2D eigenvalue weighted by Gasteiger charge is -2.26. The van der Waals surface area contributed by atoms with Gasteiger partial charge in [-0.1, -0.05) is 262 Å². The van der Waals surface area contributed by atoms with Crippen LogP contribution < -0.4 is 5.32 Å². The number of aliphatic hydroxyl groups excluding tert-OH is 1. The van der Waals surface area contributed by atoms with Crippen molar-refractivity contribution in [1.82, 2.24) is 5.32 Å². The van der Waals surface area contributed by atoms with E-state index in [9.17, 15) is 19.4 Å². The molecule has 0 bridgehead atoms. The van der Waals surface area contributed by atoms with Crippen molar-refractivity contribution in [3.63, 3.8) is 0 Å². The van der Waals surface area contributed by atoms with Gasteiger partial charge in [0, 0.05) is 6.42 Å². The Bertz CT molecular complexity index is 1200. The molecule has 8 nitrogen and oxygen atoms in total. The van der Waals surface area contributed by atoms with E-state index in [1.807, 2.05) is 21.1 Å². The molecule has 0 aliphatic rings. The first-order chi connectivity index (χ1) is 33.0. The van der Waals surface area contributed by atoms with E-state index in [1.165, 1.54) is 199 Å². The summed E-state index contributed by atoms with van der Waals surface area (Å²) < 4.78 is 23.8. The highest BCUT2D eigenvalue weighted by Crippen LogP contribution is 2.43. The van der Waals surface area contributed by atoms with Crippen LogP contribution in [0.4, 0.5) is 0 Å². The summed E-state index contributed by atoms with van der Waals surface area (Å²) in [6.07, 6.45) is 64.8. The third kappa shape index (κ3) is 52.5. The van der Waals surface area contributed by atoms with E-state index in [1.54, 1.807) is 0 Å². The number of allylic oxidation sites excluding steroid dienone is 6. The van der Waals surface area contributed by atoms with Crippen LogP contribution in [0.2, 0.25) is 0 Å². The average molecular weight is 981 g/mol. The molecule has 0 heterocycles. The summed E-state index contributed by atoms with van der Waals surface area (Å²) in [5.41, 5.74) is 0. The number of phosphoric acid groups is 1. The van der Waals surface area contributed by atoms with Crippen molar-refractivity contribution in [2.45, 2.75) is 296 Å². The van der Waals surface area contributed by atoms with Crippen molar-refractivity contribution in [2.75, 3.05) is 40.9 Å². The van der Waals surface area contributed by atoms with Gasteiger partial charge in [0.15, 0.2) is 0 Å². The zero-order valence-corrected chi connectivity index (χ0v) is 46.8. The summed E-state index contributed by atoms with van der Waals surface area (Å²) in [6.45, 7) is 4.91. The molecule has 0 aromatic carbocycles. The van der Waals surface area contributed by atoms with Crippen LogP contribution in [0.15, 0.2) is 36.5 Å². The quantitative estimate of drug-likeness (QED) is 0.0243. The molecule has 3 atom stereocenters. The number of amides is 1. The molecule has 0 radical (unpaired) electrons. The molecular formula is C59H116N2O6P+. The molecule has 0 spiro atoms. The van der Waals surface area contributed by atoms with Crippen molar-refractivity contribution >= 4 is 13.7 Å². The van der Waals surface area contributed by atoms with Crippen LogP contribution in [-0.4, -0.2) is 73.4 Å². The number of nitrogens with one attached hydrogen (secondary N) is 1. The summed E-state index contributed by atoms with van der Waals surface area (Å²) in [5.74, 6) is -0.149. The Hall–Kier alpha value is -1.28. The third-order valence-corrected chi connectivity index (χ3v) is 14.4. The molecule has 3 N–H and O–H groups in total. The minimum Gasteiger partial charge on any atom is -0.391 e. The van der Waals surface area contributed by atoms with Crippen LogP contribution in [0.3, 0.4) is 0 Å². The normalized spacial score (nSPS) is 14.2. The zero-order valence-electron chi connectivity index (χ0n) is 45.9. The van der Waals surface area contributed by atoms with E-state index in [4.69, 9.17) is 9.05 Å². The van der Waals surface area contributed by atoms with E-state index in [2.05, 4.69) is 55.6 Å². The lowest BCUT2D eigenvalue weighted by Crippen LogP contribution is -2.46. The summed E-state index contributed by atoms with van der Waals surface area (Å²) in [5, 5.41) is 14.1. The molecule has 0 saturated heterocycles. The summed E-state index contributed by atoms with van der Waals surface area (Å²) in [7, 11) is 1.62. The number of aliphatic hydroxyl groups is 1. The molecule has 0 saturated carbocycles. The smallest absolute Gasteiger partial charge is 0.391 e. The van der Waals surface area contributed by atoms with Gasteiger partial charge in [-0.15, -0.1) is 0 Å². The van der Waals surface area contributed by atoms with E-state index < -0.39 is 20.0 Å². The van der Waals surface area contributed by atoms with Crippen LogP contribution in [0.1, 0.15) is 284 Å². The predicted molar refractivity (Wildman–Crippen MR) is 295 cm³/mol. The van der Waals surface area contributed by atoms with Gasteiger partial charge in [0.25, 0.3) is 0 Å². The van der Waals surface area contributed by atoms with Gasteiger partial charge in [-0.05, 0) is 51.4 Å². The highest BCUT2D eigenvalue weighted by atomic mass is 31.2. The third-order valence-electron chi connectivity index (χ3n) is 13.4. The van der Waals surface area contributed by atoms with E-state index in [0.29, 0.717) is 23.9 Å². The minimum absolute atomic E-state index is 0.0731. The van der Waals surface area contributed by atoms with Gasteiger partial charge in [-0.3, -0.25) is 13.8 Å². The fourth-order valence-corrected chi connectivity index (χ4v) is 9.50. The molecule has 9 heteroatoms. The number of quaternary nitrogens is 1. The molecule has 0 aromatic rings. The summed E-state index contributed by atoms with van der Waals surface area (Å²) in [4.78, 5) is 23.3. The largest absolute Gasteiger partial charge is 0.472 e. The first kappa shape index (κ1) is 66.7. The van der Waals surface area contributed by atoms with Crippen molar-refractivity contribution in [1.29, 1.82) is 0 Å². The Labute approximate surface area is 423 Å². The van der Waals surface area contributed by atoms with Crippen LogP contribution >= 0.6 is 7.82 Å². The fraction of sp³-hybridized carbons (Fsp3) is 0.881. The molecular weight excluding hydrogens is 864 g/mol. The van der Waals surface area contributed by atoms with Gasteiger partial charge < -0.3 is 19.8 Å². The fourth-order valence-electron chi connectivity index (χ4n) is 8.76. The number of hydrogen-bond donors (Lipinski definition) is 3. The molecule has 3 unspecified atom stereocenters. The molecule has 0 aliphatic heterocycles. The topological polar surface area (TPSA) is 105 Å². The predicted octanol–water partition coefficient (Wildman–Crippen LogP) is 17.8. The van der Waals surface area contributed by atoms with Gasteiger partial charge in [0.05, 0.1) is 39.9 Å². The average Bonchev–Trinajstić information content (AvgIpc) is 3.30. The number of carbonyl (C=O) groups is 1. The highest BCUT2D eigenvalue weighted by molar-refractivity contribution is 7.47. The second kappa shape index (κ2) is 50.7. The monoisotopic (exact) mass is 980 g/mol. The van der Waals surface area contributed by atoms with E-state index >= 15 is 0 Å². The Morgan fingerprint density at radius 3 is 1.22 bits per heavy atom. The highest BCUT2D eigenvalue weighted by Gasteiger charge is 2.28. The Morgan fingerprint density at radius 1 is 0.500 bits per heavy atom. The Balaban J connectivity index is 4.18. The van der Waals surface area contributed by atoms with Crippen molar-refractivity contribution < 1.29 is 32.9 Å². The SMILES string of the molecule is CCCCCCC/C=C\C/C=C\C/C=C\CCCCCCCCCCC(=O)NC(COP(=O)(O)OCC[N+](C)(C)C)C(O)CCCCCCCCCCCCCCCCCCCCCCCCC. The molecule has 0 fully saturated rings. The second-order valence-corrected chi connectivity index (χ2v) is 22.8. The maximum absolute atomic E-state index is 13.0. The summed E-state index contributed by atoms with van der Waals surface area (Å²) in [6, 6.07) is -0.766. The first-order valence-corrected chi connectivity index (χ1v) is 30.8. The molecule has 402 valence electrons. The number of unbranched alkanes of at least 4 members (excludes halogenated alkanes) is 35. The standard InChI is InChI=1S/C59H115N2O6P/c1-6-8-10-12-14-16-18-20-22-24-26-28-30-32-34-36-38-40-42-44-46-48-50-52-58(62)57(56-67-68(64,65)66-55-54-61(3,4)5)60-59(63)53-51-49-47-45-43-41-39-37-35-33-31-29-27-25-23-21-19-17-15-13-11-9-7-2/h19,21,25,27,31,33,57-58,62H,6-18,20,22-24,26,28-30,32,34-56H2,1-5H3,(H-,60,63,64,65)/p+1/b21-19-,27-25-,33-31-. The van der Waals surface area contributed by atoms with Crippen LogP contribution in [0.5, 0.6) is 0 Å². The summed E-state index contributed by atoms with van der Waals surface area (Å²) >= 11 is 0. The first-order valence-electron chi connectivity index (χ1n) is 29.4. The number of carbonyl (C=O) groups excluding carboxylic acids is 1. The van der Waals surface area contributed by atoms with E-state index in [-0.39, 0.29) is 19.1 Å². The minimum atomic E-state index is -4.33. The van der Waals surface area contributed by atoms with Crippen LogP contribution in [0, 0.1) is 0 Å². The number of nitrogens with zero attached hydrogens (tertiary/aromatic N) is 1. The van der Waals surface area contributed by atoms with Gasteiger partial charge in [0.1, 0.15) is 13.2 Å². The molecule has 1 amide bonds. The van der Waals surface area contributed by atoms with Crippen molar-refractivity contribution in [3.8, 4) is 0 Å². The maximum Gasteiger partial charge on any atom is 0.472 e. The van der Waals surface area contributed by atoms with Crippen LogP contribution in [0.25, 0.3) is 0 Å². The number of hydrogen-bond acceptors (Lipinski definition) is 5. The lowest BCUT2D eigenvalue weighted by molar-refractivity contribution is -0.870. The van der Waals surface area contributed by atoms with Gasteiger partial charge in [-0.25, -0.2) is 4.57 Å². The maximum atomic E-state index is 13.0. The number of likely N-dealkylation sites (N-methyl/N-ethyl adjacent to an activating group) is 1. The van der Waals surface area contributed by atoms with Crippen molar-refractivity contribution in [3.05, 3.63) is 36.5 Å². The number of rotatable bonds is 54. The van der Waals surface area contributed by atoms with Crippen molar-refractivity contribution in [2.24, 2.45) is 0 Å². The van der Waals surface area contributed by atoms with Gasteiger partial charge in [0.2, 0.25) is 5.91 Å². The molecule has 0 rings (SSSR count). The Morgan fingerprint density at radius 2 is 0.838 bits per heavy atom. The lowest BCUT2D eigenvalue weighted by atomic mass is 10.0.